The van der Waals surface area contributed by atoms with Crippen molar-refractivity contribution in [1.82, 2.24) is 4.98 Å². The molecule has 4 heteroatoms. The normalized spacial score (nSPS) is 20.7. The first-order valence-electron chi connectivity index (χ1n) is 7.10. The first kappa shape index (κ1) is 14.2. The lowest BCUT2D eigenvalue weighted by atomic mass is 9.71. The molecule has 1 unspecified atom stereocenters. The number of hydrogen-bond acceptors (Lipinski definition) is 3. The Hall–Kier alpha value is -2.75. The number of para-hydroxylation sites is 1. The molecule has 0 aliphatic carbocycles. The van der Waals surface area contributed by atoms with Crippen LogP contribution in [0.5, 0.6) is 0 Å². The molecule has 0 bridgehead atoms. The van der Waals surface area contributed by atoms with Crippen LogP contribution in [-0.2, 0) is 10.2 Å². The predicted molar refractivity (Wildman–Crippen MR) is 85.2 cm³/mol. The molecule has 0 N–H and O–H groups in total. The third-order valence-electron chi connectivity index (χ3n) is 4.10. The monoisotopic (exact) mass is 292 g/mol. The molecule has 0 fully saturated rings. The van der Waals surface area contributed by atoms with Crippen molar-refractivity contribution in [2.45, 2.75) is 18.8 Å². The number of carbonyl (C=O) groups excluding carboxylic acids is 1. The summed E-state index contributed by atoms with van der Waals surface area (Å²) >= 11 is 0. The van der Waals surface area contributed by atoms with Crippen molar-refractivity contribution < 1.29 is 9.53 Å². The quantitative estimate of drug-likeness (QED) is 0.496. The van der Waals surface area contributed by atoms with E-state index in [0.717, 1.165) is 5.56 Å². The summed E-state index contributed by atoms with van der Waals surface area (Å²) in [6, 6.07) is 12.4. The van der Waals surface area contributed by atoms with Crippen LogP contribution in [0.15, 0.2) is 61.3 Å². The van der Waals surface area contributed by atoms with E-state index >= 15 is 0 Å². The summed E-state index contributed by atoms with van der Waals surface area (Å²) in [6.45, 7) is 5.61. The Bertz CT molecular complexity index is 781. The van der Waals surface area contributed by atoms with Crippen molar-refractivity contribution in [3.05, 3.63) is 77.8 Å². The third-order valence-corrected chi connectivity index (χ3v) is 4.10. The van der Waals surface area contributed by atoms with Crippen LogP contribution in [-0.4, -0.2) is 21.2 Å². The highest BCUT2D eigenvalue weighted by Crippen LogP contribution is 2.40. The molecule has 3 rings (SSSR count). The van der Waals surface area contributed by atoms with Gasteiger partial charge < -0.3 is 5.21 Å². The number of fused-ring (bicyclic) bond motifs is 1. The molecular weight excluding hydrogens is 276 g/mol. The minimum absolute atomic E-state index is 0.0867. The second-order valence-electron chi connectivity index (χ2n) is 5.53. The number of pyridine rings is 1. The fraction of sp³-hybridized carbons (Fsp3) is 0.167. The standard InChI is InChI=1S/C18H16N2O2/c1-3-11-18(2)13-8-4-5-10-15(13)20(22)16(17(18)21)14-9-6-7-12-19-14/h3-10,12H,1,11H2,2H3. The number of ketones is 1. The van der Waals surface area contributed by atoms with Gasteiger partial charge in [-0.1, -0.05) is 30.3 Å². The molecule has 1 atom stereocenters. The van der Waals surface area contributed by atoms with Crippen LogP contribution >= 0.6 is 0 Å². The lowest BCUT2D eigenvalue weighted by molar-refractivity contribution is -0.362. The lowest BCUT2D eigenvalue weighted by Gasteiger charge is -2.31. The van der Waals surface area contributed by atoms with Gasteiger partial charge in [0.25, 0.3) is 5.71 Å². The molecule has 0 saturated carbocycles. The van der Waals surface area contributed by atoms with Gasteiger partial charge in [0.1, 0.15) is 5.69 Å². The molecule has 22 heavy (non-hydrogen) atoms. The maximum atomic E-state index is 13.0. The van der Waals surface area contributed by atoms with Crippen LogP contribution in [0, 0.1) is 5.21 Å². The molecule has 1 aromatic carbocycles. The highest BCUT2D eigenvalue weighted by molar-refractivity contribution is 6.47. The van der Waals surface area contributed by atoms with Gasteiger partial charge in [-0.15, -0.1) is 6.58 Å². The van der Waals surface area contributed by atoms with Crippen LogP contribution in [0.4, 0.5) is 5.69 Å². The van der Waals surface area contributed by atoms with Crippen molar-refractivity contribution in [2.24, 2.45) is 0 Å². The first-order valence-corrected chi connectivity index (χ1v) is 7.10. The van der Waals surface area contributed by atoms with Crippen molar-refractivity contribution in [3.8, 4) is 0 Å². The average Bonchev–Trinajstić information content (AvgIpc) is 2.55. The van der Waals surface area contributed by atoms with Gasteiger partial charge in [-0.2, -0.15) is 4.74 Å². The SMILES string of the molecule is C=CCC1(C)C(=O)C(c2ccccn2)=[N+]([O-])c2ccccc21. The van der Waals surface area contributed by atoms with E-state index in [2.05, 4.69) is 11.6 Å². The molecule has 0 saturated heterocycles. The number of rotatable bonds is 3. The average molecular weight is 292 g/mol. The molecular formula is C18H16N2O2. The Labute approximate surface area is 129 Å². The summed E-state index contributed by atoms with van der Waals surface area (Å²) in [7, 11) is 0. The zero-order valence-corrected chi connectivity index (χ0v) is 12.3. The van der Waals surface area contributed by atoms with Gasteiger partial charge >= 0.3 is 0 Å². The van der Waals surface area contributed by atoms with Crippen LogP contribution in [0.1, 0.15) is 24.6 Å². The summed E-state index contributed by atoms with van der Waals surface area (Å²) in [5.74, 6) is -0.222. The molecule has 0 amide bonds. The summed E-state index contributed by atoms with van der Waals surface area (Å²) in [5, 5.41) is 12.7. The van der Waals surface area contributed by atoms with Gasteiger partial charge in [-0.25, -0.2) is 4.98 Å². The fourth-order valence-corrected chi connectivity index (χ4v) is 2.93. The molecule has 1 aliphatic rings. The number of aromatic nitrogens is 1. The number of Topliss-reactive ketones (excluding diaryl/α,β-unsaturated/α-hetero) is 1. The van der Waals surface area contributed by atoms with Gasteiger partial charge in [-0.3, -0.25) is 4.79 Å². The third kappa shape index (κ3) is 1.96. The minimum atomic E-state index is -0.799. The highest BCUT2D eigenvalue weighted by Gasteiger charge is 2.48. The molecule has 2 heterocycles. The van der Waals surface area contributed by atoms with Crippen LogP contribution in [0.3, 0.4) is 0 Å². The number of allylic oxidation sites excluding steroid dienone is 1. The number of benzene rings is 1. The Balaban J connectivity index is 2.31. The van der Waals surface area contributed by atoms with E-state index in [1.807, 2.05) is 19.1 Å². The van der Waals surface area contributed by atoms with Crippen molar-refractivity contribution in [2.75, 3.05) is 0 Å². The van der Waals surface area contributed by atoms with Gasteiger partial charge in [0.15, 0.2) is 0 Å². The van der Waals surface area contributed by atoms with E-state index in [1.54, 1.807) is 42.6 Å². The highest BCUT2D eigenvalue weighted by atomic mass is 16.5. The zero-order valence-electron chi connectivity index (χ0n) is 12.3. The molecule has 0 radical (unpaired) electrons. The Morgan fingerprint density at radius 1 is 1.27 bits per heavy atom. The van der Waals surface area contributed by atoms with Crippen molar-refractivity contribution in [1.29, 1.82) is 0 Å². The number of carbonyl (C=O) groups is 1. The smallest absolute Gasteiger partial charge is 0.287 e. The van der Waals surface area contributed by atoms with E-state index < -0.39 is 5.41 Å². The fourth-order valence-electron chi connectivity index (χ4n) is 2.93. The van der Waals surface area contributed by atoms with Gasteiger partial charge in [-0.05, 0) is 25.5 Å². The van der Waals surface area contributed by atoms with Gasteiger partial charge in [0.05, 0.1) is 5.41 Å². The van der Waals surface area contributed by atoms with Gasteiger partial charge in [0, 0.05) is 17.8 Å². The summed E-state index contributed by atoms with van der Waals surface area (Å²) < 4.78 is 0.699. The maximum absolute atomic E-state index is 13.0. The van der Waals surface area contributed by atoms with E-state index in [4.69, 9.17) is 0 Å². The Morgan fingerprint density at radius 3 is 2.68 bits per heavy atom. The van der Waals surface area contributed by atoms with Crippen molar-refractivity contribution >= 4 is 17.2 Å². The molecule has 4 nitrogen and oxygen atoms in total. The Morgan fingerprint density at radius 2 is 2.00 bits per heavy atom. The van der Waals surface area contributed by atoms with Crippen molar-refractivity contribution in [3.63, 3.8) is 0 Å². The van der Waals surface area contributed by atoms with E-state index in [-0.39, 0.29) is 11.5 Å². The lowest BCUT2D eigenvalue weighted by Crippen LogP contribution is -2.45. The Kier molecular flexibility index (Phi) is 3.37. The molecule has 1 aromatic heterocycles. The molecule has 0 spiro atoms. The number of hydrogen-bond donors (Lipinski definition) is 0. The largest absolute Gasteiger partial charge is 0.618 e. The second-order valence-corrected chi connectivity index (χ2v) is 5.53. The number of nitrogens with zero attached hydrogens (tertiary/aromatic N) is 2. The van der Waals surface area contributed by atoms with Crippen LogP contribution in [0.25, 0.3) is 0 Å². The van der Waals surface area contributed by atoms with E-state index in [1.165, 1.54) is 0 Å². The predicted octanol–water partition coefficient (Wildman–Crippen LogP) is 3.13. The second kappa shape index (κ2) is 5.22. The summed E-state index contributed by atoms with van der Waals surface area (Å²) in [4.78, 5) is 17.2. The maximum Gasteiger partial charge on any atom is 0.287 e. The molecule has 110 valence electrons. The first-order chi connectivity index (χ1) is 10.6. The molecule has 2 aromatic rings. The van der Waals surface area contributed by atoms with Crippen LogP contribution < -0.4 is 0 Å². The van der Waals surface area contributed by atoms with E-state index in [0.29, 0.717) is 22.5 Å². The van der Waals surface area contributed by atoms with Gasteiger partial charge in [0.2, 0.25) is 11.5 Å². The minimum Gasteiger partial charge on any atom is -0.618 e. The molecule has 1 aliphatic heterocycles. The zero-order chi connectivity index (χ0) is 15.7. The summed E-state index contributed by atoms with van der Waals surface area (Å²) in [6.07, 6.45) is 3.76. The van der Waals surface area contributed by atoms with Crippen LogP contribution in [0.2, 0.25) is 0 Å². The van der Waals surface area contributed by atoms with E-state index in [9.17, 15) is 10.0 Å². The topological polar surface area (TPSA) is 56.0 Å². The summed E-state index contributed by atoms with van der Waals surface area (Å²) in [5.41, 5.74) is 0.907.